The Morgan fingerprint density at radius 2 is 1.76 bits per heavy atom. The maximum atomic E-state index is 12.7. The third-order valence-corrected chi connectivity index (χ3v) is 4.75. The predicted molar refractivity (Wildman–Crippen MR) is 125 cm³/mol. The Bertz CT molecular complexity index is 1340. The summed E-state index contributed by atoms with van der Waals surface area (Å²) in [4.78, 5) is 31.8. The van der Waals surface area contributed by atoms with E-state index in [2.05, 4.69) is 20.6 Å². The fourth-order valence-electron chi connectivity index (χ4n) is 3.21. The number of nitrogens with one attached hydrogen (secondary N) is 2. The first kappa shape index (κ1) is 21.4. The molecule has 4 rings (SSSR count). The van der Waals surface area contributed by atoms with Crippen LogP contribution in [0.4, 0.5) is 22.9 Å². The van der Waals surface area contributed by atoms with Gasteiger partial charge < -0.3 is 15.7 Å². The summed E-state index contributed by atoms with van der Waals surface area (Å²) in [5.74, 6) is 0.302. The summed E-state index contributed by atoms with van der Waals surface area (Å²) in [6, 6.07) is 21.8. The van der Waals surface area contributed by atoms with Gasteiger partial charge in [0, 0.05) is 28.9 Å². The average Bonchev–Trinajstić information content (AvgIpc) is 2.80. The lowest BCUT2D eigenvalue weighted by atomic mass is 10.1. The summed E-state index contributed by atoms with van der Waals surface area (Å²) in [6.45, 7) is 1.80. The minimum absolute atomic E-state index is 0.0721. The Morgan fingerprint density at radius 3 is 2.48 bits per heavy atom. The molecule has 0 atom stereocenters. The zero-order valence-electron chi connectivity index (χ0n) is 17.5. The molecule has 0 saturated heterocycles. The second-order valence-corrected chi connectivity index (χ2v) is 7.17. The van der Waals surface area contributed by atoms with Crippen LogP contribution in [-0.4, -0.2) is 25.9 Å². The molecule has 33 heavy (non-hydrogen) atoms. The van der Waals surface area contributed by atoms with E-state index in [0.29, 0.717) is 22.9 Å². The topological polar surface area (TPSA) is 130 Å². The molecule has 0 aliphatic carbocycles. The Labute approximate surface area is 188 Å². The molecule has 0 bridgehead atoms. The van der Waals surface area contributed by atoms with Gasteiger partial charge in [-0.3, -0.25) is 14.9 Å². The molecule has 3 N–H and O–H groups in total. The van der Waals surface area contributed by atoms with Gasteiger partial charge >= 0.3 is 0 Å². The normalized spacial score (nSPS) is 10.5. The number of nitrogens with zero attached hydrogens (tertiary/aromatic N) is 3. The van der Waals surface area contributed by atoms with Gasteiger partial charge in [0.05, 0.1) is 22.4 Å². The summed E-state index contributed by atoms with van der Waals surface area (Å²) >= 11 is 0. The van der Waals surface area contributed by atoms with Gasteiger partial charge in [-0.25, -0.2) is 9.97 Å². The number of benzene rings is 3. The zero-order valence-corrected chi connectivity index (χ0v) is 17.5. The van der Waals surface area contributed by atoms with E-state index < -0.39 is 16.6 Å². The molecule has 0 aliphatic heterocycles. The molecule has 0 saturated carbocycles. The van der Waals surface area contributed by atoms with Crippen LogP contribution in [0.5, 0.6) is 5.75 Å². The first-order chi connectivity index (χ1) is 15.9. The SMILES string of the molecule is Cc1nc(Nc2cccc(C(=O)Nc3ccc([N+](=O)[O-])cc3O)c2)cc(-c2ccccc2)n1. The van der Waals surface area contributed by atoms with Crippen LogP contribution >= 0.6 is 0 Å². The van der Waals surface area contributed by atoms with Crippen molar-refractivity contribution in [2.24, 2.45) is 0 Å². The van der Waals surface area contributed by atoms with E-state index >= 15 is 0 Å². The lowest BCUT2D eigenvalue weighted by molar-refractivity contribution is -0.384. The fourth-order valence-corrected chi connectivity index (χ4v) is 3.21. The first-order valence-electron chi connectivity index (χ1n) is 9.96. The second kappa shape index (κ2) is 9.15. The number of aromatic hydroxyl groups is 1. The number of carbonyl (C=O) groups excluding carboxylic acids is 1. The molecule has 1 heterocycles. The van der Waals surface area contributed by atoms with Crippen LogP contribution in [0.15, 0.2) is 78.9 Å². The molecule has 0 fully saturated rings. The highest BCUT2D eigenvalue weighted by atomic mass is 16.6. The van der Waals surface area contributed by atoms with Crippen LogP contribution in [-0.2, 0) is 0 Å². The van der Waals surface area contributed by atoms with Crippen molar-refractivity contribution >= 4 is 28.8 Å². The molecular formula is C24H19N5O4. The van der Waals surface area contributed by atoms with Crippen molar-refractivity contribution in [2.45, 2.75) is 6.92 Å². The van der Waals surface area contributed by atoms with Crippen molar-refractivity contribution in [1.82, 2.24) is 9.97 Å². The summed E-state index contributed by atoms with van der Waals surface area (Å²) < 4.78 is 0. The van der Waals surface area contributed by atoms with Crippen molar-refractivity contribution in [3.05, 3.63) is 100 Å². The fraction of sp³-hybridized carbons (Fsp3) is 0.0417. The number of aryl methyl sites for hydroxylation is 1. The summed E-state index contributed by atoms with van der Waals surface area (Å²) in [6.07, 6.45) is 0. The first-order valence-corrected chi connectivity index (χ1v) is 9.96. The monoisotopic (exact) mass is 441 g/mol. The molecule has 0 spiro atoms. The number of phenols is 1. The van der Waals surface area contributed by atoms with Gasteiger partial charge in [-0.2, -0.15) is 0 Å². The van der Waals surface area contributed by atoms with E-state index in [-0.39, 0.29) is 11.4 Å². The van der Waals surface area contributed by atoms with Crippen LogP contribution in [0.2, 0.25) is 0 Å². The number of carbonyl (C=O) groups is 1. The van der Waals surface area contributed by atoms with Gasteiger partial charge in [-0.1, -0.05) is 36.4 Å². The van der Waals surface area contributed by atoms with E-state index in [1.807, 2.05) is 36.4 Å². The Hall–Kier alpha value is -4.79. The maximum absolute atomic E-state index is 12.7. The highest BCUT2D eigenvalue weighted by molar-refractivity contribution is 6.05. The Kier molecular flexibility index (Phi) is 5.94. The molecule has 4 aromatic rings. The summed E-state index contributed by atoms with van der Waals surface area (Å²) in [5.41, 5.74) is 2.49. The highest BCUT2D eigenvalue weighted by Gasteiger charge is 2.14. The van der Waals surface area contributed by atoms with Crippen LogP contribution < -0.4 is 10.6 Å². The number of hydrogen-bond donors (Lipinski definition) is 3. The molecule has 1 aromatic heterocycles. The van der Waals surface area contributed by atoms with E-state index in [4.69, 9.17) is 0 Å². The van der Waals surface area contributed by atoms with Crippen molar-refractivity contribution in [3.8, 4) is 17.0 Å². The zero-order chi connectivity index (χ0) is 23.4. The number of nitro benzene ring substituents is 1. The Balaban J connectivity index is 1.53. The van der Waals surface area contributed by atoms with Crippen LogP contribution in [0, 0.1) is 17.0 Å². The quantitative estimate of drug-likeness (QED) is 0.216. The highest BCUT2D eigenvalue weighted by Crippen LogP contribution is 2.28. The largest absolute Gasteiger partial charge is 0.506 e. The summed E-state index contributed by atoms with van der Waals surface area (Å²) in [5, 5.41) is 26.5. The molecule has 3 aromatic carbocycles. The van der Waals surface area contributed by atoms with Gasteiger partial charge in [0.25, 0.3) is 11.6 Å². The third kappa shape index (κ3) is 5.10. The van der Waals surface area contributed by atoms with Crippen LogP contribution in [0.3, 0.4) is 0 Å². The Morgan fingerprint density at radius 1 is 0.970 bits per heavy atom. The van der Waals surface area contributed by atoms with Crippen LogP contribution in [0.25, 0.3) is 11.3 Å². The average molecular weight is 441 g/mol. The smallest absolute Gasteiger partial charge is 0.273 e. The van der Waals surface area contributed by atoms with Gasteiger partial charge in [0.2, 0.25) is 0 Å². The molecule has 9 heteroatoms. The lowest BCUT2D eigenvalue weighted by Gasteiger charge is -2.11. The molecule has 0 aliphatic rings. The number of aromatic nitrogens is 2. The van der Waals surface area contributed by atoms with Gasteiger partial charge in [0.15, 0.2) is 0 Å². The predicted octanol–water partition coefficient (Wildman–Crippen LogP) is 5.06. The number of amides is 1. The van der Waals surface area contributed by atoms with Crippen LogP contribution in [0.1, 0.15) is 16.2 Å². The second-order valence-electron chi connectivity index (χ2n) is 7.17. The number of hydrogen-bond acceptors (Lipinski definition) is 7. The molecule has 9 nitrogen and oxygen atoms in total. The number of rotatable bonds is 6. The van der Waals surface area contributed by atoms with Gasteiger partial charge in [-0.15, -0.1) is 0 Å². The molecule has 1 amide bonds. The maximum Gasteiger partial charge on any atom is 0.273 e. The van der Waals surface area contributed by atoms with Crippen molar-refractivity contribution < 1.29 is 14.8 Å². The third-order valence-electron chi connectivity index (χ3n) is 4.75. The minimum Gasteiger partial charge on any atom is -0.506 e. The van der Waals surface area contributed by atoms with E-state index in [1.54, 1.807) is 31.2 Å². The molecule has 0 radical (unpaired) electrons. The van der Waals surface area contributed by atoms with E-state index in [0.717, 1.165) is 17.3 Å². The molecule has 164 valence electrons. The lowest BCUT2D eigenvalue weighted by Crippen LogP contribution is -2.12. The number of nitro groups is 1. The van der Waals surface area contributed by atoms with E-state index in [9.17, 15) is 20.0 Å². The number of non-ortho nitro benzene ring substituents is 1. The standard InChI is InChI=1S/C24H19N5O4/c1-15-25-21(16-6-3-2-4-7-16)14-23(26-15)27-18-9-5-8-17(12-18)24(31)28-20-11-10-19(29(32)33)13-22(20)30/h2-14,30H,1H3,(H,28,31)(H,25,26,27). The summed E-state index contributed by atoms with van der Waals surface area (Å²) in [7, 11) is 0. The number of phenolic OH excluding ortho intramolecular Hbond substituents is 1. The van der Waals surface area contributed by atoms with Gasteiger partial charge in [-0.05, 0) is 31.2 Å². The molecular weight excluding hydrogens is 422 g/mol. The van der Waals surface area contributed by atoms with Crippen molar-refractivity contribution in [1.29, 1.82) is 0 Å². The molecule has 0 unspecified atom stereocenters. The van der Waals surface area contributed by atoms with Crippen molar-refractivity contribution in [2.75, 3.05) is 10.6 Å². The number of anilines is 3. The van der Waals surface area contributed by atoms with Crippen molar-refractivity contribution in [3.63, 3.8) is 0 Å². The van der Waals surface area contributed by atoms with Gasteiger partial charge in [0.1, 0.15) is 17.4 Å². The van der Waals surface area contributed by atoms with E-state index in [1.165, 1.54) is 12.1 Å². The minimum atomic E-state index is -0.626.